The molecule has 0 aliphatic carbocycles. The van der Waals surface area contributed by atoms with E-state index in [-0.39, 0.29) is 10.9 Å². The predicted molar refractivity (Wildman–Crippen MR) is 83.7 cm³/mol. The molecule has 0 saturated heterocycles. The molecule has 2 aromatic heterocycles. The molecule has 5 nitrogen and oxygen atoms in total. The van der Waals surface area contributed by atoms with Crippen molar-refractivity contribution in [1.82, 2.24) is 9.97 Å². The van der Waals surface area contributed by atoms with Crippen LogP contribution in [-0.2, 0) is 0 Å². The largest absolute Gasteiger partial charge is 0.505 e. The van der Waals surface area contributed by atoms with Gasteiger partial charge in [-0.2, -0.15) is 0 Å². The SMILES string of the molecule is O=C(O)c1nc(Cl)c2cc(Sc3ccncc3)ccc2c1O. The van der Waals surface area contributed by atoms with Gasteiger partial charge in [0.2, 0.25) is 0 Å². The first kappa shape index (κ1) is 14.6. The number of nitrogens with zero attached hydrogens (tertiary/aromatic N) is 2. The highest BCUT2D eigenvalue weighted by atomic mass is 35.5. The number of fused-ring (bicyclic) bond motifs is 1. The zero-order valence-corrected chi connectivity index (χ0v) is 12.6. The molecule has 0 radical (unpaired) electrons. The molecule has 2 heterocycles. The summed E-state index contributed by atoms with van der Waals surface area (Å²) in [5.74, 6) is -1.70. The number of carboxylic acid groups (broad SMARTS) is 1. The molecule has 3 rings (SSSR count). The highest BCUT2D eigenvalue weighted by molar-refractivity contribution is 7.99. The molecule has 2 N–H and O–H groups in total. The van der Waals surface area contributed by atoms with Crippen LogP contribution in [-0.4, -0.2) is 26.2 Å². The van der Waals surface area contributed by atoms with E-state index in [4.69, 9.17) is 16.7 Å². The summed E-state index contributed by atoms with van der Waals surface area (Å²) in [5, 5.41) is 19.9. The van der Waals surface area contributed by atoms with Crippen LogP contribution in [0.5, 0.6) is 5.75 Å². The number of hydrogen-bond donors (Lipinski definition) is 2. The summed E-state index contributed by atoms with van der Waals surface area (Å²) < 4.78 is 0. The molecule has 0 fully saturated rings. The lowest BCUT2D eigenvalue weighted by Crippen LogP contribution is -2.01. The normalized spacial score (nSPS) is 10.8. The Morgan fingerprint density at radius 1 is 1.09 bits per heavy atom. The Bertz CT molecular complexity index is 872. The minimum absolute atomic E-state index is 0.0439. The molecule has 7 heteroatoms. The third-order valence-corrected chi connectivity index (χ3v) is 4.28. The van der Waals surface area contributed by atoms with E-state index in [1.165, 1.54) is 11.8 Å². The van der Waals surface area contributed by atoms with Crippen molar-refractivity contribution < 1.29 is 15.0 Å². The maximum absolute atomic E-state index is 11.0. The number of aromatic hydroxyl groups is 1. The summed E-state index contributed by atoms with van der Waals surface area (Å²) in [5.41, 5.74) is -0.452. The number of hydrogen-bond acceptors (Lipinski definition) is 5. The molecule has 0 aliphatic heterocycles. The van der Waals surface area contributed by atoms with Gasteiger partial charge in [0, 0.05) is 33.0 Å². The van der Waals surface area contributed by atoms with E-state index in [9.17, 15) is 9.90 Å². The van der Waals surface area contributed by atoms with E-state index in [1.54, 1.807) is 30.6 Å². The highest BCUT2D eigenvalue weighted by Crippen LogP contribution is 2.36. The Morgan fingerprint density at radius 2 is 1.82 bits per heavy atom. The Morgan fingerprint density at radius 3 is 2.50 bits per heavy atom. The smallest absolute Gasteiger partial charge is 0.358 e. The average Bonchev–Trinajstić information content (AvgIpc) is 2.51. The van der Waals surface area contributed by atoms with Crippen LogP contribution in [0, 0.1) is 0 Å². The van der Waals surface area contributed by atoms with Gasteiger partial charge in [0.05, 0.1) is 0 Å². The van der Waals surface area contributed by atoms with Crippen LogP contribution >= 0.6 is 23.4 Å². The maximum atomic E-state index is 11.0. The molecule has 110 valence electrons. The summed E-state index contributed by atoms with van der Waals surface area (Å²) in [6, 6.07) is 8.93. The molecule has 3 aromatic rings. The van der Waals surface area contributed by atoms with Gasteiger partial charge >= 0.3 is 5.97 Å². The van der Waals surface area contributed by atoms with Crippen molar-refractivity contribution in [2.45, 2.75) is 9.79 Å². The van der Waals surface area contributed by atoms with Gasteiger partial charge in [-0.15, -0.1) is 0 Å². The molecule has 1 aromatic carbocycles. The van der Waals surface area contributed by atoms with E-state index in [0.717, 1.165) is 9.79 Å². The van der Waals surface area contributed by atoms with Crippen LogP contribution in [0.1, 0.15) is 10.5 Å². The summed E-state index contributed by atoms with van der Waals surface area (Å²) in [6.07, 6.45) is 3.39. The van der Waals surface area contributed by atoms with E-state index >= 15 is 0 Å². The van der Waals surface area contributed by atoms with Crippen molar-refractivity contribution in [1.29, 1.82) is 0 Å². The lowest BCUT2D eigenvalue weighted by Gasteiger charge is -2.08. The van der Waals surface area contributed by atoms with E-state index in [2.05, 4.69) is 9.97 Å². The van der Waals surface area contributed by atoms with E-state index in [0.29, 0.717) is 10.8 Å². The predicted octanol–water partition coefficient (Wildman–Crippen LogP) is 3.84. The molecule has 0 unspecified atom stereocenters. The number of aromatic carboxylic acids is 1. The van der Waals surface area contributed by atoms with Crippen molar-refractivity contribution in [3.8, 4) is 5.75 Å². The van der Waals surface area contributed by atoms with Gasteiger partial charge in [-0.25, -0.2) is 9.78 Å². The molecule has 0 bridgehead atoms. The lowest BCUT2D eigenvalue weighted by molar-refractivity contribution is 0.0687. The van der Waals surface area contributed by atoms with Gasteiger partial charge in [0.1, 0.15) is 5.15 Å². The summed E-state index contributed by atoms with van der Waals surface area (Å²) in [6.45, 7) is 0. The molecule has 0 saturated carbocycles. The number of rotatable bonds is 3. The number of pyridine rings is 2. The van der Waals surface area contributed by atoms with Crippen molar-refractivity contribution in [2.75, 3.05) is 0 Å². The third kappa shape index (κ3) is 2.70. The number of halogens is 1. The fourth-order valence-corrected chi connectivity index (χ4v) is 3.08. The first-order valence-corrected chi connectivity index (χ1v) is 7.39. The number of aromatic nitrogens is 2. The van der Waals surface area contributed by atoms with Crippen LogP contribution in [0.4, 0.5) is 0 Å². The van der Waals surface area contributed by atoms with Crippen LogP contribution in [0.2, 0.25) is 5.15 Å². The molecule has 0 atom stereocenters. The summed E-state index contributed by atoms with van der Waals surface area (Å²) in [7, 11) is 0. The number of benzene rings is 1. The van der Waals surface area contributed by atoms with Crippen molar-refractivity contribution in [2.24, 2.45) is 0 Å². The minimum Gasteiger partial charge on any atom is -0.505 e. The lowest BCUT2D eigenvalue weighted by atomic mass is 10.1. The van der Waals surface area contributed by atoms with E-state index in [1.807, 2.05) is 12.1 Å². The third-order valence-electron chi connectivity index (χ3n) is 2.99. The van der Waals surface area contributed by atoms with Gasteiger partial charge in [-0.1, -0.05) is 23.4 Å². The molecular weight excluding hydrogens is 324 g/mol. The summed E-state index contributed by atoms with van der Waals surface area (Å²) in [4.78, 5) is 20.6. The first-order valence-electron chi connectivity index (χ1n) is 6.19. The molecule has 22 heavy (non-hydrogen) atoms. The van der Waals surface area contributed by atoms with Gasteiger partial charge in [-0.3, -0.25) is 4.98 Å². The van der Waals surface area contributed by atoms with Gasteiger partial charge in [-0.05, 0) is 30.3 Å². The highest BCUT2D eigenvalue weighted by Gasteiger charge is 2.18. The average molecular weight is 333 g/mol. The van der Waals surface area contributed by atoms with Crippen LogP contribution < -0.4 is 0 Å². The Hall–Kier alpha value is -2.31. The van der Waals surface area contributed by atoms with Crippen molar-refractivity contribution in [3.63, 3.8) is 0 Å². The summed E-state index contributed by atoms with van der Waals surface area (Å²) >= 11 is 7.55. The van der Waals surface area contributed by atoms with Crippen molar-refractivity contribution in [3.05, 3.63) is 53.6 Å². The molecule has 0 spiro atoms. The quantitative estimate of drug-likeness (QED) is 0.709. The first-order chi connectivity index (χ1) is 10.6. The Labute approximate surface area is 134 Å². The van der Waals surface area contributed by atoms with Crippen LogP contribution in [0.25, 0.3) is 10.8 Å². The van der Waals surface area contributed by atoms with Gasteiger partial charge < -0.3 is 10.2 Å². The second kappa shape index (κ2) is 5.82. The van der Waals surface area contributed by atoms with Gasteiger partial charge in [0.25, 0.3) is 0 Å². The molecule has 0 aliphatic rings. The van der Waals surface area contributed by atoms with Gasteiger partial charge in [0.15, 0.2) is 11.4 Å². The second-order valence-electron chi connectivity index (χ2n) is 4.40. The number of carboxylic acids is 1. The topological polar surface area (TPSA) is 83.3 Å². The Kier molecular flexibility index (Phi) is 3.87. The maximum Gasteiger partial charge on any atom is 0.358 e. The van der Waals surface area contributed by atoms with Crippen LogP contribution in [0.15, 0.2) is 52.5 Å². The molecule has 0 amide bonds. The monoisotopic (exact) mass is 332 g/mol. The minimum atomic E-state index is -1.32. The zero-order chi connectivity index (χ0) is 15.7. The molecular formula is C15H9ClN2O3S. The standard InChI is InChI=1S/C15H9ClN2O3S/c16-14-11-7-9(22-8-3-5-17-6-4-8)1-2-10(11)13(19)12(18-14)15(20)21/h1-7,19H,(H,20,21). The number of carbonyl (C=O) groups is 1. The Balaban J connectivity index is 2.09. The van der Waals surface area contributed by atoms with E-state index < -0.39 is 11.7 Å². The fourth-order valence-electron chi connectivity index (χ4n) is 1.99. The zero-order valence-electron chi connectivity index (χ0n) is 11.0. The van der Waals surface area contributed by atoms with Crippen LogP contribution in [0.3, 0.4) is 0 Å². The van der Waals surface area contributed by atoms with Crippen molar-refractivity contribution >= 4 is 40.1 Å². The fraction of sp³-hybridized carbons (Fsp3) is 0. The second-order valence-corrected chi connectivity index (χ2v) is 5.90.